The van der Waals surface area contributed by atoms with Crippen molar-refractivity contribution in [3.63, 3.8) is 0 Å². The van der Waals surface area contributed by atoms with E-state index in [1.807, 2.05) is 36.4 Å². The molecule has 0 amide bonds. The number of nitrogens with zero attached hydrogens (tertiary/aromatic N) is 2. The fraction of sp³-hybridized carbons (Fsp3) is 0.188. The standard InChI is InChI=1S/C16H9BrN2O2/c17-11-4-1-3-10(7-11)13-14(16(13,8-18)9-19)15(20)12-5-2-6-21-12/h1-7,13-14H. The van der Waals surface area contributed by atoms with E-state index in [2.05, 4.69) is 15.9 Å². The quantitative estimate of drug-likeness (QED) is 0.798. The number of hydrogen-bond acceptors (Lipinski definition) is 4. The molecule has 1 heterocycles. The summed E-state index contributed by atoms with van der Waals surface area (Å²) in [5.74, 6) is -1.23. The fourth-order valence-corrected chi connectivity index (χ4v) is 3.19. The Morgan fingerprint density at radius 1 is 1.24 bits per heavy atom. The van der Waals surface area contributed by atoms with Gasteiger partial charge in [-0.25, -0.2) is 0 Å². The van der Waals surface area contributed by atoms with Crippen LogP contribution in [0.2, 0.25) is 0 Å². The summed E-state index contributed by atoms with van der Waals surface area (Å²) in [4.78, 5) is 12.5. The molecule has 0 aliphatic heterocycles. The molecule has 0 spiro atoms. The number of benzene rings is 1. The van der Waals surface area contributed by atoms with Gasteiger partial charge in [0.05, 0.1) is 24.3 Å². The van der Waals surface area contributed by atoms with E-state index in [1.165, 1.54) is 6.26 Å². The molecule has 0 radical (unpaired) electrons. The molecular formula is C16H9BrN2O2. The van der Waals surface area contributed by atoms with Crippen LogP contribution in [0.5, 0.6) is 0 Å². The number of ketones is 1. The van der Waals surface area contributed by atoms with E-state index >= 15 is 0 Å². The van der Waals surface area contributed by atoms with E-state index < -0.39 is 17.3 Å². The van der Waals surface area contributed by atoms with Gasteiger partial charge in [0, 0.05) is 10.4 Å². The number of nitriles is 2. The zero-order valence-electron chi connectivity index (χ0n) is 10.8. The smallest absolute Gasteiger partial charge is 0.204 e. The predicted molar refractivity (Wildman–Crippen MR) is 77.1 cm³/mol. The molecule has 1 aliphatic rings. The van der Waals surface area contributed by atoms with Crippen molar-refractivity contribution in [3.05, 3.63) is 58.5 Å². The summed E-state index contributed by atoms with van der Waals surface area (Å²) in [5, 5.41) is 18.8. The molecule has 2 aromatic rings. The molecule has 4 nitrogen and oxygen atoms in total. The highest BCUT2D eigenvalue weighted by atomic mass is 79.9. The molecule has 1 saturated carbocycles. The Labute approximate surface area is 129 Å². The summed E-state index contributed by atoms with van der Waals surface area (Å²) < 4.78 is 5.96. The summed E-state index contributed by atoms with van der Waals surface area (Å²) in [6.07, 6.45) is 1.41. The van der Waals surface area contributed by atoms with Gasteiger partial charge in [-0.3, -0.25) is 4.79 Å². The van der Waals surface area contributed by atoms with Gasteiger partial charge in [0.15, 0.2) is 11.2 Å². The largest absolute Gasteiger partial charge is 0.461 e. The minimum atomic E-state index is -1.31. The van der Waals surface area contributed by atoms with E-state index in [-0.39, 0.29) is 11.5 Å². The highest BCUT2D eigenvalue weighted by molar-refractivity contribution is 9.10. The summed E-state index contributed by atoms with van der Waals surface area (Å²) in [6.45, 7) is 0. The Balaban J connectivity index is 2.02. The first-order valence-corrected chi connectivity index (χ1v) is 7.09. The number of carbonyl (C=O) groups excluding carboxylic acids is 1. The number of furan rings is 1. The van der Waals surface area contributed by atoms with Crippen LogP contribution >= 0.6 is 15.9 Å². The summed E-state index contributed by atoms with van der Waals surface area (Å²) in [5.41, 5.74) is -0.512. The van der Waals surface area contributed by atoms with Gasteiger partial charge in [0.25, 0.3) is 0 Å². The molecule has 21 heavy (non-hydrogen) atoms. The monoisotopic (exact) mass is 340 g/mol. The van der Waals surface area contributed by atoms with Gasteiger partial charge in [0.1, 0.15) is 0 Å². The molecule has 0 saturated heterocycles. The van der Waals surface area contributed by atoms with Crippen LogP contribution in [0.25, 0.3) is 0 Å². The minimum Gasteiger partial charge on any atom is -0.461 e. The molecule has 1 aliphatic carbocycles. The van der Waals surface area contributed by atoms with Gasteiger partial charge in [-0.2, -0.15) is 10.5 Å². The van der Waals surface area contributed by atoms with Gasteiger partial charge < -0.3 is 4.42 Å². The van der Waals surface area contributed by atoms with Crippen LogP contribution in [0.3, 0.4) is 0 Å². The Morgan fingerprint density at radius 3 is 2.57 bits per heavy atom. The van der Waals surface area contributed by atoms with Crippen LogP contribution in [-0.2, 0) is 0 Å². The topological polar surface area (TPSA) is 77.8 Å². The normalized spacial score (nSPS) is 22.0. The zero-order valence-corrected chi connectivity index (χ0v) is 12.4. The lowest BCUT2D eigenvalue weighted by Crippen LogP contribution is -2.07. The number of rotatable bonds is 3. The van der Waals surface area contributed by atoms with Crippen LogP contribution in [-0.4, -0.2) is 5.78 Å². The third kappa shape index (κ3) is 1.98. The first-order valence-electron chi connectivity index (χ1n) is 6.29. The Morgan fingerprint density at radius 2 is 2.00 bits per heavy atom. The van der Waals surface area contributed by atoms with Gasteiger partial charge in [0.2, 0.25) is 5.78 Å². The van der Waals surface area contributed by atoms with Crippen molar-refractivity contribution in [2.24, 2.45) is 11.3 Å². The molecule has 0 N–H and O–H groups in total. The minimum absolute atomic E-state index is 0.187. The van der Waals surface area contributed by atoms with E-state index in [0.717, 1.165) is 10.0 Å². The highest BCUT2D eigenvalue weighted by Crippen LogP contribution is 2.65. The molecule has 102 valence electrons. The summed E-state index contributed by atoms with van der Waals surface area (Å²) >= 11 is 3.37. The third-order valence-electron chi connectivity index (χ3n) is 3.83. The summed E-state index contributed by atoms with van der Waals surface area (Å²) in [6, 6.07) is 14.6. The number of Topliss-reactive ketones (excluding diaryl/α,β-unsaturated/α-hetero) is 1. The van der Waals surface area contributed by atoms with E-state index in [9.17, 15) is 15.3 Å². The van der Waals surface area contributed by atoms with E-state index in [0.29, 0.717) is 0 Å². The van der Waals surface area contributed by atoms with Crippen LogP contribution in [0.4, 0.5) is 0 Å². The first kappa shape index (κ1) is 13.6. The second-order valence-corrected chi connectivity index (χ2v) is 5.86. The fourth-order valence-electron chi connectivity index (χ4n) is 2.78. The Bertz CT molecular complexity index is 769. The highest BCUT2D eigenvalue weighted by Gasteiger charge is 2.71. The summed E-state index contributed by atoms with van der Waals surface area (Å²) in [7, 11) is 0. The molecule has 0 bridgehead atoms. The number of carbonyl (C=O) groups is 1. The van der Waals surface area contributed by atoms with Crippen LogP contribution in [0, 0.1) is 34.0 Å². The Kier molecular flexibility index (Phi) is 3.16. The number of hydrogen-bond donors (Lipinski definition) is 0. The lowest BCUT2D eigenvalue weighted by Gasteiger charge is -2.00. The van der Waals surface area contributed by atoms with Crippen molar-refractivity contribution >= 4 is 21.7 Å². The molecular weight excluding hydrogens is 332 g/mol. The van der Waals surface area contributed by atoms with Gasteiger partial charge in [-0.1, -0.05) is 28.1 Å². The number of halogens is 1. The maximum absolute atomic E-state index is 12.5. The maximum atomic E-state index is 12.5. The first-order chi connectivity index (χ1) is 10.1. The van der Waals surface area contributed by atoms with Crippen molar-refractivity contribution in [1.29, 1.82) is 10.5 Å². The average molecular weight is 341 g/mol. The molecule has 1 aromatic carbocycles. The molecule has 2 atom stereocenters. The second kappa shape index (κ2) is 4.87. The van der Waals surface area contributed by atoms with E-state index in [4.69, 9.17) is 4.42 Å². The molecule has 3 rings (SSSR count). The lowest BCUT2D eigenvalue weighted by atomic mass is 10.0. The van der Waals surface area contributed by atoms with Gasteiger partial charge in [-0.05, 0) is 29.8 Å². The van der Waals surface area contributed by atoms with Crippen LogP contribution < -0.4 is 0 Å². The van der Waals surface area contributed by atoms with Crippen molar-refractivity contribution < 1.29 is 9.21 Å². The van der Waals surface area contributed by atoms with Gasteiger partial charge in [-0.15, -0.1) is 0 Å². The van der Waals surface area contributed by atoms with Crippen LogP contribution in [0.1, 0.15) is 22.0 Å². The molecule has 1 fully saturated rings. The SMILES string of the molecule is N#CC1(C#N)C(C(=O)c2ccco2)C1c1cccc(Br)c1. The Hall–Kier alpha value is -2.37. The third-order valence-corrected chi connectivity index (χ3v) is 4.32. The maximum Gasteiger partial charge on any atom is 0.204 e. The zero-order chi connectivity index (χ0) is 15.0. The second-order valence-electron chi connectivity index (χ2n) is 4.94. The van der Waals surface area contributed by atoms with Crippen molar-refractivity contribution in [3.8, 4) is 12.1 Å². The van der Waals surface area contributed by atoms with E-state index in [1.54, 1.807) is 12.1 Å². The predicted octanol–water partition coefficient (Wildman–Crippen LogP) is 3.67. The molecule has 1 aromatic heterocycles. The molecule has 5 heteroatoms. The van der Waals surface area contributed by atoms with Crippen molar-refractivity contribution in [1.82, 2.24) is 0 Å². The van der Waals surface area contributed by atoms with Crippen molar-refractivity contribution in [2.75, 3.05) is 0 Å². The van der Waals surface area contributed by atoms with Gasteiger partial charge >= 0.3 is 0 Å². The van der Waals surface area contributed by atoms with Crippen molar-refractivity contribution in [2.45, 2.75) is 5.92 Å². The van der Waals surface area contributed by atoms with Crippen LogP contribution in [0.15, 0.2) is 51.6 Å². The lowest BCUT2D eigenvalue weighted by molar-refractivity contribution is 0.0930. The average Bonchev–Trinajstić information content (AvgIpc) is 2.86. The molecule has 2 unspecified atom stereocenters.